The highest BCUT2D eigenvalue weighted by Gasteiger charge is 1.81. The summed E-state index contributed by atoms with van der Waals surface area (Å²) in [7, 11) is 0. The fourth-order valence-electron chi connectivity index (χ4n) is 0.619. The lowest BCUT2D eigenvalue weighted by atomic mass is 10.3. The molecule has 0 aliphatic rings. The number of rotatable bonds is 0. The van der Waals surface area contributed by atoms with Crippen molar-refractivity contribution in [3.8, 4) is 0 Å². The highest BCUT2D eigenvalue weighted by atomic mass is 32.1. The van der Waals surface area contributed by atoms with Crippen molar-refractivity contribution in [3.05, 3.63) is 0 Å². The molecule has 0 bridgehead atoms. The fraction of sp³-hybridized carbons (Fsp3) is 0. The molecule has 0 nitrogen and oxygen atoms in total. The van der Waals surface area contributed by atoms with E-state index >= 15 is 0 Å². The summed E-state index contributed by atoms with van der Waals surface area (Å²) in [6.45, 7) is 0. The second kappa shape index (κ2) is 3.73. The number of hydrogen-bond donors (Lipinski definition) is 0. The van der Waals surface area contributed by atoms with E-state index in [1.165, 1.54) is 0 Å². The van der Waals surface area contributed by atoms with E-state index in [2.05, 4.69) is 0 Å². The van der Waals surface area contributed by atoms with Crippen LogP contribution >= 0.6 is 0 Å². The van der Waals surface area contributed by atoms with Gasteiger partial charge in [0.1, 0.15) is 0 Å². The summed E-state index contributed by atoms with van der Waals surface area (Å²) in [4.78, 5) is 2.35. The highest BCUT2D eigenvalue weighted by molar-refractivity contribution is 7.67. The van der Waals surface area contributed by atoms with Gasteiger partial charge in [-0.25, -0.2) is 29.4 Å². The van der Waals surface area contributed by atoms with Gasteiger partial charge in [-0.15, -0.1) is 0 Å². The van der Waals surface area contributed by atoms with Crippen molar-refractivity contribution in [2.45, 2.75) is 29.4 Å². The van der Waals surface area contributed by atoms with E-state index < -0.39 is 0 Å². The van der Waals surface area contributed by atoms with Crippen molar-refractivity contribution in [2.75, 3.05) is 0 Å². The number of benzene rings is 1. The molecule has 66 valence electrons. The van der Waals surface area contributed by atoms with E-state index in [9.17, 15) is 0 Å². The van der Waals surface area contributed by atoms with Crippen LogP contribution in [-0.4, -0.2) is 0 Å². The van der Waals surface area contributed by atoms with Crippen LogP contribution in [0.5, 0.6) is 0 Å². The molecule has 0 aliphatic carbocycles. The molecule has 0 spiro atoms. The Morgan fingerprint density at radius 3 is 0.500 bits per heavy atom. The second-order valence-electron chi connectivity index (χ2n) is 1.97. The molecule has 1 aromatic rings. The Balaban J connectivity index is 3.60. The molecule has 12 heavy (non-hydrogen) atoms. The van der Waals surface area contributed by atoms with E-state index in [0.717, 1.165) is 0 Å². The minimum absolute atomic E-state index is 0.392. The van der Waals surface area contributed by atoms with E-state index in [-0.39, 0.29) is 0 Å². The molecular formula is C6S6-6. The Bertz CT molecular complexity index is 226. The van der Waals surface area contributed by atoms with Gasteiger partial charge in [0.15, 0.2) is 0 Å². The predicted octanol–water partition coefficient (Wildman–Crippen LogP) is 1.12. The van der Waals surface area contributed by atoms with E-state index in [0.29, 0.717) is 29.4 Å². The monoisotopic (exact) mass is 264 g/mol. The van der Waals surface area contributed by atoms with Crippen LogP contribution in [-0.2, 0) is 75.8 Å². The van der Waals surface area contributed by atoms with Gasteiger partial charge in [0, 0.05) is 0 Å². The van der Waals surface area contributed by atoms with E-state index in [1.54, 1.807) is 0 Å². The Labute approximate surface area is 104 Å². The first-order chi connectivity index (χ1) is 5.46. The fourth-order valence-corrected chi connectivity index (χ4v) is 2.23. The molecule has 1 aromatic carbocycles. The van der Waals surface area contributed by atoms with E-state index in [4.69, 9.17) is 75.8 Å². The van der Waals surface area contributed by atoms with Crippen molar-refractivity contribution < 1.29 is 0 Å². The van der Waals surface area contributed by atoms with E-state index in [1.807, 2.05) is 0 Å². The van der Waals surface area contributed by atoms with Crippen molar-refractivity contribution in [2.24, 2.45) is 0 Å². The molecule has 0 aromatic heterocycles. The molecule has 0 N–H and O–H groups in total. The van der Waals surface area contributed by atoms with Gasteiger partial charge < -0.3 is 75.8 Å². The average Bonchev–Trinajstić information content (AvgIpc) is 2.08. The Morgan fingerprint density at radius 2 is 0.417 bits per heavy atom. The van der Waals surface area contributed by atoms with Gasteiger partial charge in [-0.1, -0.05) is 0 Å². The van der Waals surface area contributed by atoms with Crippen LogP contribution in [0.4, 0.5) is 0 Å². The van der Waals surface area contributed by atoms with Crippen molar-refractivity contribution in [3.63, 3.8) is 0 Å². The molecule has 6 heteroatoms. The molecule has 0 amide bonds. The third kappa shape index (κ3) is 1.59. The lowest BCUT2D eigenvalue weighted by Crippen LogP contribution is -1.95. The smallest absolute Gasteiger partial charge is 0.217 e. The average molecular weight is 264 g/mol. The molecule has 0 atom stereocenters. The first-order valence-corrected chi connectivity index (χ1v) is 5.17. The van der Waals surface area contributed by atoms with Gasteiger partial charge in [-0.3, -0.25) is 0 Å². The minimum Gasteiger partial charge on any atom is -0.783 e. The maximum atomic E-state index is 4.94. The quantitative estimate of drug-likeness (QED) is 0.640. The molecule has 0 saturated heterocycles. The standard InChI is InChI=1S/C6H6S6/c7-1-2(8)4(10)6(12)5(11)3(1)9/h7-12H/p-6. The predicted molar refractivity (Wildman–Crippen MR) is 60.2 cm³/mol. The van der Waals surface area contributed by atoms with Crippen LogP contribution < -0.4 is 0 Å². The summed E-state index contributed by atoms with van der Waals surface area (Å²) in [5.74, 6) is 0. The van der Waals surface area contributed by atoms with Crippen LogP contribution in [0.15, 0.2) is 29.4 Å². The van der Waals surface area contributed by atoms with Gasteiger partial charge in [-0.2, -0.15) is 0 Å². The molecule has 1 rings (SSSR count). The molecular weight excluding hydrogens is 264 g/mol. The molecule has 0 heterocycles. The van der Waals surface area contributed by atoms with Gasteiger partial charge in [0.2, 0.25) is 0 Å². The van der Waals surface area contributed by atoms with Crippen molar-refractivity contribution >= 4 is 75.8 Å². The first-order valence-electron chi connectivity index (χ1n) is 2.72. The summed E-state index contributed by atoms with van der Waals surface area (Å²) in [6.07, 6.45) is 0. The molecule has 0 fully saturated rings. The SMILES string of the molecule is [S-]c1c([S-])c([S-])c([S-])c([S-])c1[S-]. The molecule has 0 saturated carbocycles. The highest BCUT2D eigenvalue weighted by Crippen LogP contribution is 2.27. The third-order valence-corrected chi connectivity index (χ3v) is 4.46. The second-order valence-corrected chi connectivity index (χ2v) is 4.42. The van der Waals surface area contributed by atoms with Gasteiger partial charge in [0.05, 0.1) is 0 Å². The first kappa shape index (κ1) is 10.6. The van der Waals surface area contributed by atoms with Crippen LogP contribution in [0.25, 0.3) is 0 Å². The minimum atomic E-state index is 0.392. The molecule has 0 aliphatic heterocycles. The lowest BCUT2D eigenvalue weighted by Gasteiger charge is -2.45. The maximum absolute atomic E-state index is 4.94. The lowest BCUT2D eigenvalue weighted by molar-refractivity contribution is 0.887. The zero-order valence-corrected chi connectivity index (χ0v) is 10.3. The Hall–Kier alpha value is 0.540. The summed E-state index contributed by atoms with van der Waals surface area (Å²) >= 11 is 29.6. The largest absolute Gasteiger partial charge is 0.783 e. The van der Waals surface area contributed by atoms with Gasteiger partial charge in [-0.05, 0) is 0 Å². The van der Waals surface area contributed by atoms with Crippen LogP contribution in [0, 0.1) is 0 Å². The topological polar surface area (TPSA) is 0 Å². The van der Waals surface area contributed by atoms with Crippen LogP contribution in [0.2, 0.25) is 0 Å². The third-order valence-electron chi connectivity index (χ3n) is 1.24. The zero-order valence-electron chi connectivity index (χ0n) is 5.45. The van der Waals surface area contributed by atoms with Crippen LogP contribution in [0.1, 0.15) is 0 Å². The summed E-state index contributed by atoms with van der Waals surface area (Å²) in [6, 6.07) is 0. The van der Waals surface area contributed by atoms with Crippen LogP contribution in [0.3, 0.4) is 0 Å². The van der Waals surface area contributed by atoms with Gasteiger partial charge >= 0.3 is 0 Å². The number of hydrogen-bond acceptors (Lipinski definition) is 6. The zero-order chi connectivity index (χ0) is 9.46. The van der Waals surface area contributed by atoms with Crippen molar-refractivity contribution in [1.29, 1.82) is 0 Å². The van der Waals surface area contributed by atoms with Gasteiger partial charge in [0.25, 0.3) is 0 Å². The Kier molecular flexibility index (Phi) is 3.30. The molecule has 0 radical (unpaired) electrons. The molecule has 0 unspecified atom stereocenters. The normalized spacial score (nSPS) is 10.0. The maximum Gasteiger partial charge on any atom is -0.217 e. The van der Waals surface area contributed by atoms with Crippen molar-refractivity contribution in [1.82, 2.24) is 0 Å². The Morgan fingerprint density at radius 1 is 0.333 bits per heavy atom. The summed E-state index contributed by atoms with van der Waals surface area (Å²) in [5, 5.41) is 0. The summed E-state index contributed by atoms with van der Waals surface area (Å²) < 4.78 is 0. The summed E-state index contributed by atoms with van der Waals surface area (Å²) in [5.41, 5.74) is 0.